The van der Waals surface area contributed by atoms with Gasteiger partial charge in [0.05, 0.1) is 5.54 Å². The predicted molar refractivity (Wildman–Crippen MR) is 66.1 cm³/mol. The fourth-order valence-electron chi connectivity index (χ4n) is 2.12. The fourth-order valence-corrected chi connectivity index (χ4v) is 2.12. The first-order chi connectivity index (χ1) is 8.15. The Balaban J connectivity index is 2.04. The lowest BCUT2D eigenvalue weighted by Crippen LogP contribution is -2.59. The number of pyridine rings is 1. The van der Waals surface area contributed by atoms with E-state index in [2.05, 4.69) is 4.98 Å². The van der Waals surface area contributed by atoms with E-state index in [1.807, 2.05) is 24.0 Å². The zero-order valence-corrected chi connectivity index (χ0v) is 10.2. The second-order valence-corrected chi connectivity index (χ2v) is 4.68. The maximum Gasteiger partial charge on any atom is 0.242 e. The van der Waals surface area contributed by atoms with Gasteiger partial charge in [0.15, 0.2) is 0 Å². The van der Waals surface area contributed by atoms with E-state index < -0.39 is 5.54 Å². The summed E-state index contributed by atoms with van der Waals surface area (Å²) in [4.78, 5) is 18.1. The first-order valence-corrected chi connectivity index (χ1v) is 6.13. The number of aromatic nitrogens is 1. The molecular weight excluding hydrogens is 214 g/mol. The summed E-state index contributed by atoms with van der Waals surface area (Å²) in [6, 6.07) is 3.86. The molecule has 0 saturated heterocycles. The minimum atomic E-state index is -0.594. The molecule has 1 saturated carbocycles. The van der Waals surface area contributed by atoms with E-state index in [-0.39, 0.29) is 5.91 Å². The number of rotatable bonds is 4. The van der Waals surface area contributed by atoms with Gasteiger partial charge in [0.2, 0.25) is 5.91 Å². The van der Waals surface area contributed by atoms with Crippen LogP contribution in [-0.4, -0.2) is 27.9 Å². The van der Waals surface area contributed by atoms with Gasteiger partial charge in [-0.05, 0) is 43.9 Å². The molecule has 0 bridgehead atoms. The second kappa shape index (κ2) is 4.84. The van der Waals surface area contributed by atoms with Crippen LogP contribution >= 0.6 is 0 Å². The van der Waals surface area contributed by atoms with E-state index in [9.17, 15) is 4.79 Å². The van der Waals surface area contributed by atoms with Crippen LogP contribution in [0, 0.1) is 0 Å². The van der Waals surface area contributed by atoms with E-state index >= 15 is 0 Å². The van der Waals surface area contributed by atoms with Gasteiger partial charge < -0.3 is 10.6 Å². The summed E-state index contributed by atoms with van der Waals surface area (Å²) in [5.74, 6) is 0.0862. The summed E-state index contributed by atoms with van der Waals surface area (Å²) in [6.07, 6.45) is 6.19. The number of carbonyl (C=O) groups is 1. The van der Waals surface area contributed by atoms with Crippen LogP contribution in [0.3, 0.4) is 0 Å². The molecule has 0 aliphatic heterocycles. The fraction of sp³-hybridized carbons (Fsp3) is 0.538. The molecule has 1 aliphatic rings. The molecule has 0 spiro atoms. The molecule has 1 fully saturated rings. The van der Waals surface area contributed by atoms with Crippen molar-refractivity contribution < 1.29 is 4.79 Å². The third-order valence-corrected chi connectivity index (χ3v) is 3.46. The van der Waals surface area contributed by atoms with Crippen LogP contribution in [0.4, 0.5) is 0 Å². The van der Waals surface area contributed by atoms with Gasteiger partial charge in [-0.25, -0.2) is 0 Å². The Hall–Kier alpha value is -1.42. The van der Waals surface area contributed by atoms with Crippen LogP contribution in [-0.2, 0) is 11.3 Å². The van der Waals surface area contributed by atoms with Crippen molar-refractivity contribution in [1.82, 2.24) is 9.88 Å². The van der Waals surface area contributed by atoms with Gasteiger partial charge in [-0.2, -0.15) is 0 Å². The summed E-state index contributed by atoms with van der Waals surface area (Å²) < 4.78 is 0. The highest BCUT2D eigenvalue weighted by Gasteiger charge is 2.42. The van der Waals surface area contributed by atoms with Gasteiger partial charge in [0.1, 0.15) is 0 Å². The Morgan fingerprint density at radius 3 is 2.59 bits per heavy atom. The molecule has 0 aromatic carbocycles. The van der Waals surface area contributed by atoms with Crippen molar-refractivity contribution in [3.8, 4) is 0 Å². The van der Waals surface area contributed by atoms with Gasteiger partial charge in [-0.1, -0.05) is 0 Å². The van der Waals surface area contributed by atoms with Crippen molar-refractivity contribution in [2.45, 2.75) is 38.3 Å². The van der Waals surface area contributed by atoms with E-state index in [4.69, 9.17) is 5.73 Å². The summed E-state index contributed by atoms with van der Waals surface area (Å²) >= 11 is 0. The standard InChI is InChI=1S/C13H19N3O/c1-2-16(10-11-4-8-15-9-5-11)12(17)13(14)6-3-7-13/h4-5,8-9H,2-3,6-7,10,14H2,1H3. The maximum absolute atomic E-state index is 12.3. The number of hydrogen-bond donors (Lipinski definition) is 1. The van der Waals surface area contributed by atoms with Gasteiger partial charge in [0.25, 0.3) is 0 Å². The molecular formula is C13H19N3O. The van der Waals surface area contributed by atoms with Crippen LogP contribution in [0.25, 0.3) is 0 Å². The minimum absolute atomic E-state index is 0.0862. The SMILES string of the molecule is CCN(Cc1ccncc1)C(=O)C1(N)CCC1. The molecule has 1 heterocycles. The number of likely N-dealkylation sites (N-methyl/N-ethyl adjacent to an activating group) is 1. The topological polar surface area (TPSA) is 59.2 Å². The first kappa shape index (κ1) is 12.0. The smallest absolute Gasteiger partial charge is 0.242 e. The molecule has 17 heavy (non-hydrogen) atoms. The minimum Gasteiger partial charge on any atom is -0.337 e. The zero-order chi connectivity index (χ0) is 12.3. The Bertz CT molecular complexity index is 387. The monoisotopic (exact) mass is 233 g/mol. The zero-order valence-electron chi connectivity index (χ0n) is 10.2. The van der Waals surface area contributed by atoms with Crippen molar-refractivity contribution in [3.05, 3.63) is 30.1 Å². The molecule has 1 amide bonds. The van der Waals surface area contributed by atoms with E-state index in [1.165, 1.54) is 0 Å². The van der Waals surface area contributed by atoms with Crippen molar-refractivity contribution in [3.63, 3.8) is 0 Å². The van der Waals surface area contributed by atoms with Crippen LogP contribution in [0.2, 0.25) is 0 Å². The molecule has 1 aromatic heterocycles. The second-order valence-electron chi connectivity index (χ2n) is 4.68. The van der Waals surface area contributed by atoms with Crippen molar-refractivity contribution >= 4 is 5.91 Å². The maximum atomic E-state index is 12.3. The first-order valence-electron chi connectivity index (χ1n) is 6.13. The molecule has 2 N–H and O–H groups in total. The highest BCUT2D eigenvalue weighted by atomic mass is 16.2. The average Bonchev–Trinajstić information content (AvgIpc) is 2.33. The molecule has 0 atom stereocenters. The van der Waals surface area contributed by atoms with Gasteiger partial charge in [-0.15, -0.1) is 0 Å². The summed E-state index contributed by atoms with van der Waals surface area (Å²) in [7, 11) is 0. The third kappa shape index (κ3) is 2.47. The Morgan fingerprint density at radius 1 is 1.47 bits per heavy atom. The van der Waals surface area contributed by atoms with Gasteiger partial charge in [0, 0.05) is 25.5 Å². The van der Waals surface area contributed by atoms with E-state index in [0.717, 1.165) is 24.8 Å². The third-order valence-electron chi connectivity index (χ3n) is 3.46. The molecule has 1 aliphatic carbocycles. The van der Waals surface area contributed by atoms with E-state index in [0.29, 0.717) is 13.1 Å². The molecule has 0 unspecified atom stereocenters. The molecule has 4 heteroatoms. The van der Waals surface area contributed by atoms with Gasteiger partial charge >= 0.3 is 0 Å². The summed E-state index contributed by atoms with van der Waals surface area (Å²) in [5.41, 5.74) is 6.57. The largest absolute Gasteiger partial charge is 0.337 e. The van der Waals surface area contributed by atoms with Crippen molar-refractivity contribution in [1.29, 1.82) is 0 Å². The lowest BCUT2D eigenvalue weighted by molar-refractivity contribution is -0.140. The highest BCUT2D eigenvalue weighted by molar-refractivity contribution is 5.87. The number of nitrogens with zero attached hydrogens (tertiary/aromatic N) is 2. The molecule has 1 aromatic rings. The number of carbonyl (C=O) groups excluding carboxylic acids is 1. The van der Waals surface area contributed by atoms with Crippen molar-refractivity contribution in [2.75, 3.05) is 6.54 Å². The van der Waals surface area contributed by atoms with Crippen molar-refractivity contribution in [2.24, 2.45) is 5.73 Å². The van der Waals surface area contributed by atoms with Crippen LogP contribution in [0.1, 0.15) is 31.7 Å². The molecule has 0 radical (unpaired) electrons. The number of amides is 1. The van der Waals surface area contributed by atoms with E-state index in [1.54, 1.807) is 12.4 Å². The van der Waals surface area contributed by atoms with Crippen LogP contribution in [0.15, 0.2) is 24.5 Å². The molecule has 4 nitrogen and oxygen atoms in total. The average molecular weight is 233 g/mol. The predicted octanol–water partition coefficient (Wildman–Crippen LogP) is 1.31. The lowest BCUT2D eigenvalue weighted by Gasteiger charge is -2.40. The van der Waals surface area contributed by atoms with Crippen LogP contribution < -0.4 is 5.73 Å². The molecule has 2 rings (SSSR count). The summed E-state index contributed by atoms with van der Waals surface area (Å²) in [5, 5.41) is 0. The Labute approximate surface area is 102 Å². The summed E-state index contributed by atoms with van der Waals surface area (Å²) in [6.45, 7) is 3.30. The molecule has 92 valence electrons. The Kier molecular flexibility index (Phi) is 3.43. The number of hydrogen-bond acceptors (Lipinski definition) is 3. The normalized spacial score (nSPS) is 17.3. The quantitative estimate of drug-likeness (QED) is 0.853. The number of nitrogens with two attached hydrogens (primary N) is 1. The lowest BCUT2D eigenvalue weighted by atomic mass is 9.76. The van der Waals surface area contributed by atoms with Crippen LogP contribution in [0.5, 0.6) is 0 Å². The van der Waals surface area contributed by atoms with Gasteiger partial charge in [-0.3, -0.25) is 9.78 Å². The Morgan fingerprint density at radius 2 is 2.12 bits per heavy atom. The highest BCUT2D eigenvalue weighted by Crippen LogP contribution is 2.31.